The maximum absolute atomic E-state index is 14.6. The van der Waals surface area contributed by atoms with E-state index in [1.54, 1.807) is 0 Å². The van der Waals surface area contributed by atoms with Gasteiger partial charge in [-0.25, -0.2) is 0 Å². The fourth-order valence-corrected chi connectivity index (χ4v) is 6.25. The van der Waals surface area contributed by atoms with Crippen molar-refractivity contribution in [2.75, 3.05) is 11.1 Å². The monoisotopic (exact) mass is 622 g/mol. The predicted molar refractivity (Wildman–Crippen MR) is 147 cm³/mol. The smallest absolute Gasteiger partial charge is 0.363 e. The van der Waals surface area contributed by atoms with Gasteiger partial charge in [0.2, 0.25) is 11.6 Å². The second-order valence-corrected chi connectivity index (χ2v) is 11.0. The molecule has 1 aliphatic heterocycles. The van der Waals surface area contributed by atoms with E-state index < -0.39 is 56.8 Å². The quantitative estimate of drug-likeness (QED) is 0.161. The predicted octanol–water partition coefficient (Wildman–Crippen LogP) is 5.85. The number of benzene rings is 2. The Bertz CT molecular complexity index is 1580. The van der Waals surface area contributed by atoms with Crippen molar-refractivity contribution in [1.29, 1.82) is 5.26 Å². The van der Waals surface area contributed by atoms with Crippen molar-refractivity contribution >= 4 is 57.8 Å². The molecule has 0 saturated carbocycles. The van der Waals surface area contributed by atoms with E-state index in [9.17, 15) is 43.2 Å². The fraction of sp³-hybridized carbons (Fsp3) is 0.192. The summed E-state index contributed by atoms with van der Waals surface area (Å²) >= 11 is 7.67. The van der Waals surface area contributed by atoms with Gasteiger partial charge in [-0.1, -0.05) is 59.8 Å². The van der Waals surface area contributed by atoms with E-state index in [4.69, 9.17) is 11.6 Å². The van der Waals surface area contributed by atoms with Crippen LogP contribution in [0.4, 0.5) is 24.5 Å². The van der Waals surface area contributed by atoms with Crippen LogP contribution < -0.4 is 10.6 Å². The molecule has 0 saturated heterocycles. The molecule has 41 heavy (non-hydrogen) atoms. The Kier molecular flexibility index (Phi) is 8.74. The number of thioether (sulfide) groups is 1. The Labute approximate surface area is 243 Å². The molecule has 15 heteroatoms. The number of alkyl halides is 3. The molecular formula is C26H18ClF3N4O5S2. The molecule has 1 amide bonds. The molecule has 0 spiro atoms. The van der Waals surface area contributed by atoms with E-state index >= 15 is 0 Å². The molecule has 0 bridgehead atoms. The number of nitriles is 1. The van der Waals surface area contributed by atoms with Gasteiger partial charge in [-0.15, -0.1) is 11.3 Å². The number of nitrogens with zero attached hydrogens (tertiary/aromatic N) is 2. The lowest BCUT2D eigenvalue weighted by molar-refractivity contribution is -0.383. The number of nitrogens with one attached hydrogen (secondary N) is 2. The first-order chi connectivity index (χ1) is 19.4. The molecule has 3 N–H and O–H groups in total. The van der Waals surface area contributed by atoms with Crippen molar-refractivity contribution in [3.8, 4) is 6.07 Å². The molecular weight excluding hydrogens is 605 g/mol. The van der Waals surface area contributed by atoms with E-state index in [0.29, 0.717) is 11.8 Å². The maximum atomic E-state index is 14.6. The van der Waals surface area contributed by atoms with Crippen molar-refractivity contribution in [2.24, 2.45) is 5.92 Å². The highest BCUT2D eigenvalue weighted by atomic mass is 35.5. The summed E-state index contributed by atoms with van der Waals surface area (Å²) in [5, 5.41) is 37.8. The van der Waals surface area contributed by atoms with Gasteiger partial charge < -0.3 is 15.7 Å². The highest BCUT2D eigenvalue weighted by Crippen LogP contribution is 2.52. The maximum Gasteiger partial charge on any atom is 0.437 e. The molecule has 3 unspecified atom stereocenters. The first-order valence-corrected chi connectivity index (χ1v) is 13.8. The van der Waals surface area contributed by atoms with Crippen LogP contribution in [-0.2, 0) is 4.79 Å². The molecule has 3 atom stereocenters. The number of rotatable bonds is 8. The van der Waals surface area contributed by atoms with Gasteiger partial charge in [-0.05, 0) is 29.1 Å². The number of hydrogen-bond acceptors (Lipinski definition) is 9. The van der Waals surface area contributed by atoms with Gasteiger partial charge in [0.25, 0.3) is 5.69 Å². The third kappa shape index (κ3) is 5.94. The van der Waals surface area contributed by atoms with Crippen LogP contribution in [-0.4, -0.2) is 39.4 Å². The van der Waals surface area contributed by atoms with Crippen molar-refractivity contribution in [1.82, 2.24) is 5.32 Å². The molecule has 4 rings (SSSR count). The van der Waals surface area contributed by atoms with Gasteiger partial charge in [0, 0.05) is 17.0 Å². The normalized spacial score (nSPS) is 20.6. The van der Waals surface area contributed by atoms with Crippen LogP contribution >= 0.6 is 34.7 Å². The number of halogens is 4. The number of anilines is 1. The molecule has 2 heterocycles. The van der Waals surface area contributed by atoms with Gasteiger partial charge in [0.15, 0.2) is 5.78 Å². The summed E-state index contributed by atoms with van der Waals surface area (Å²) in [4.78, 5) is 36.7. The number of hydrogen-bond donors (Lipinski definition) is 3. The Morgan fingerprint density at radius 3 is 2.49 bits per heavy atom. The van der Waals surface area contributed by atoms with Crippen molar-refractivity contribution in [2.45, 2.75) is 17.8 Å². The van der Waals surface area contributed by atoms with Crippen LogP contribution in [0.3, 0.4) is 0 Å². The number of ketones is 1. The Morgan fingerprint density at radius 2 is 1.88 bits per heavy atom. The molecule has 1 aromatic heterocycles. The van der Waals surface area contributed by atoms with Crippen LogP contribution in [0, 0.1) is 27.4 Å². The lowest BCUT2D eigenvalue weighted by atomic mass is 9.70. The molecule has 0 fully saturated rings. The number of nitro groups is 1. The van der Waals surface area contributed by atoms with Gasteiger partial charge in [-0.2, -0.15) is 18.4 Å². The first-order valence-electron chi connectivity index (χ1n) is 11.6. The third-order valence-corrected chi connectivity index (χ3v) is 8.45. The fourth-order valence-electron chi connectivity index (χ4n) is 4.39. The first kappa shape index (κ1) is 30.1. The van der Waals surface area contributed by atoms with Gasteiger partial charge in [0.05, 0.1) is 38.1 Å². The summed E-state index contributed by atoms with van der Waals surface area (Å²) in [6, 6.07) is 15.6. The zero-order valence-electron chi connectivity index (χ0n) is 20.5. The number of carbonyl (C=O) groups is 2. The number of amides is 1. The highest BCUT2D eigenvalue weighted by molar-refractivity contribution is 8.03. The van der Waals surface area contributed by atoms with Gasteiger partial charge in [0.1, 0.15) is 5.69 Å². The van der Waals surface area contributed by atoms with E-state index in [2.05, 4.69) is 5.32 Å². The second kappa shape index (κ2) is 11.9. The zero-order chi connectivity index (χ0) is 29.9. The summed E-state index contributed by atoms with van der Waals surface area (Å²) in [6.07, 6.45) is -5.43. The van der Waals surface area contributed by atoms with Crippen molar-refractivity contribution in [3.63, 3.8) is 0 Å². The van der Waals surface area contributed by atoms with Gasteiger partial charge >= 0.3 is 6.18 Å². The third-order valence-electron chi connectivity index (χ3n) is 6.20. The van der Waals surface area contributed by atoms with Crippen molar-refractivity contribution in [3.05, 3.63) is 102 Å². The van der Waals surface area contributed by atoms with Crippen LogP contribution in [0.5, 0.6) is 0 Å². The second-order valence-electron chi connectivity index (χ2n) is 8.67. The average molecular weight is 623 g/mol. The van der Waals surface area contributed by atoms with E-state index in [1.807, 2.05) is 11.4 Å². The molecule has 0 radical (unpaired) electrons. The Hall–Kier alpha value is -3.90. The van der Waals surface area contributed by atoms with E-state index in [-0.39, 0.29) is 26.7 Å². The summed E-state index contributed by atoms with van der Waals surface area (Å²) in [6.45, 7) is 0. The Morgan fingerprint density at radius 1 is 1.20 bits per heavy atom. The minimum atomic E-state index is -5.43. The van der Waals surface area contributed by atoms with Gasteiger partial charge in [-0.3, -0.25) is 19.7 Å². The number of nitro benzene ring substituents is 1. The number of carbonyl (C=O) groups excluding carboxylic acids is 2. The lowest BCUT2D eigenvalue weighted by Gasteiger charge is -2.45. The van der Waals surface area contributed by atoms with E-state index in [0.717, 1.165) is 17.4 Å². The molecule has 2 aromatic carbocycles. The number of para-hydroxylation sites is 2. The Balaban J connectivity index is 1.79. The molecule has 3 aromatic rings. The summed E-state index contributed by atoms with van der Waals surface area (Å²) < 4.78 is 43.9. The van der Waals surface area contributed by atoms with Crippen LogP contribution in [0.25, 0.3) is 0 Å². The molecule has 1 aliphatic rings. The topological polar surface area (TPSA) is 145 Å². The SMILES string of the molecule is N#CC1=C(SCC(=O)Nc2ccccc2[N+](=O)[O-])NC(O)(C(F)(F)F)C(C(=O)c2cccs2)C1c1ccccc1Cl. The molecule has 9 nitrogen and oxygen atoms in total. The number of Topliss-reactive ketones (excluding diaryl/α,β-unsaturated/α-hetero) is 1. The summed E-state index contributed by atoms with van der Waals surface area (Å²) in [5.74, 6) is -6.43. The van der Waals surface area contributed by atoms with Crippen LogP contribution in [0.15, 0.2) is 76.6 Å². The minimum absolute atomic E-state index is 0.00717. The minimum Gasteiger partial charge on any atom is -0.363 e. The summed E-state index contributed by atoms with van der Waals surface area (Å²) in [7, 11) is 0. The number of aliphatic hydroxyl groups is 1. The summed E-state index contributed by atoms with van der Waals surface area (Å²) in [5.41, 5.74) is -4.78. The zero-order valence-corrected chi connectivity index (χ0v) is 22.9. The van der Waals surface area contributed by atoms with E-state index in [1.165, 1.54) is 60.0 Å². The van der Waals surface area contributed by atoms with Crippen molar-refractivity contribution < 1.29 is 32.8 Å². The van der Waals surface area contributed by atoms with Crippen LogP contribution in [0.2, 0.25) is 5.02 Å². The van der Waals surface area contributed by atoms with Crippen LogP contribution in [0.1, 0.15) is 21.2 Å². The number of allylic oxidation sites excluding steroid dienone is 1. The highest BCUT2D eigenvalue weighted by Gasteiger charge is 2.66. The molecule has 0 aliphatic carbocycles. The lowest BCUT2D eigenvalue weighted by Crippen LogP contribution is -2.66. The largest absolute Gasteiger partial charge is 0.437 e. The average Bonchev–Trinajstić information content (AvgIpc) is 3.46. The molecule has 212 valence electrons. The standard InChI is InChI=1S/C26H18ClF3N4O5S2/c27-16-7-2-1-6-14(16)21-15(12-31)24(41-13-20(35)32-17-8-3-4-9-18(17)34(38)39)33-25(37,26(28,29)30)22(21)23(36)19-10-5-11-40-19/h1-11,21-22,33,37H,13H2,(H,32,35). The number of thiophene rings is 1.